The van der Waals surface area contributed by atoms with Crippen molar-refractivity contribution in [2.75, 3.05) is 18.5 Å². The number of carbonyl (C=O) groups is 1. The monoisotopic (exact) mass is 337 g/mol. The van der Waals surface area contributed by atoms with Gasteiger partial charge in [-0.25, -0.2) is 0 Å². The molecule has 0 saturated heterocycles. The number of rotatable bonds is 2. The Balaban J connectivity index is 1.87. The van der Waals surface area contributed by atoms with E-state index in [1.807, 2.05) is 0 Å². The maximum absolute atomic E-state index is 12.2. The largest absolute Gasteiger partial charge is 0.486 e. The quantitative estimate of drug-likeness (QED) is 0.912. The molecule has 2 heterocycles. The number of hydrogen-bond donors (Lipinski definition) is 1. The maximum Gasteiger partial charge on any atom is 0.259 e. The van der Waals surface area contributed by atoms with Gasteiger partial charge in [0, 0.05) is 16.6 Å². The third-order valence-electron chi connectivity index (χ3n) is 2.98. The van der Waals surface area contributed by atoms with E-state index in [0.717, 1.165) is 4.47 Å². The van der Waals surface area contributed by atoms with Crippen molar-refractivity contribution in [2.45, 2.75) is 6.92 Å². The van der Waals surface area contributed by atoms with Crippen molar-refractivity contribution in [2.24, 2.45) is 0 Å². The first-order valence-corrected chi connectivity index (χ1v) is 6.89. The van der Waals surface area contributed by atoms with Crippen LogP contribution in [-0.4, -0.2) is 19.1 Å². The number of ether oxygens (including phenoxy) is 2. The molecule has 1 N–H and O–H groups in total. The van der Waals surface area contributed by atoms with Gasteiger partial charge in [-0.3, -0.25) is 4.79 Å². The van der Waals surface area contributed by atoms with Gasteiger partial charge in [-0.15, -0.1) is 0 Å². The number of hydrogen-bond acceptors (Lipinski definition) is 4. The van der Waals surface area contributed by atoms with Crippen LogP contribution in [0.4, 0.5) is 5.69 Å². The minimum absolute atomic E-state index is 0.228. The SMILES string of the molecule is Cc1occc1C(=O)Nc1cc2c(cc1Br)OCCO2. The molecule has 104 valence electrons. The van der Waals surface area contributed by atoms with E-state index in [1.165, 1.54) is 6.26 Å². The Bertz CT molecular complexity index is 665. The van der Waals surface area contributed by atoms with Crippen molar-refractivity contribution in [3.63, 3.8) is 0 Å². The Labute approximate surface area is 124 Å². The van der Waals surface area contributed by atoms with Gasteiger partial charge in [-0.2, -0.15) is 0 Å². The number of anilines is 1. The number of halogens is 1. The minimum atomic E-state index is -0.228. The summed E-state index contributed by atoms with van der Waals surface area (Å²) in [5.41, 5.74) is 1.13. The van der Waals surface area contributed by atoms with Crippen LogP contribution in [0.3, 0.4) is 0 Å². The van der Waals surface area contributed by atoms with Crippen molar-refractivity contribution in [3.05, 3.63) is 40.3 Å². The molecule has 2 aromatic rings. The summed E-state index contributed by atoms with van der Waals surface area (Å²) >= 11 is 3.41. The van der Waals surface area contributed by atoms with E-state index >= 15 is 0 Å². The van der Waals surface area contributed by atoms with Crippen LogP contribution >= 0.6 is 15.9 Å². The number of fused-ring (bicyclic) bond motifs is 1. The van der Waals surface area contributed by atoms with E-state index in [1.54, 1.807) is 25.1 Å². The van der Waals surface area contributed by atoms with Gasteiger partial charge in [0.1, 0.15) is 19.0 Å². The van der Waals surface area contributed by atoms with Crippen LogP contribution in [0.25, 0.3) is 0 Å². The van der Waals surface area contributed by atoms with Crippen molar-refractivity contribution in [1.82, 2.24) is 0 Å². The zero-order valence-electron chi connectivity index (χ0n) is 10.7. The number of amides is 1. The molecular weight excluding hydrogens is 326 g/mol. The van der Waals surface area contributed by atoms with Gasteiger partial charge in [0.15, 0.2) is 11.5 Å². The molecule has 1 aliphatic rings. The fourth-order valence-electron chi connectivity index (χ4n) is 1.97. The summed E-state index contributed by atoms with van der Waals surface area (Å²) in [6, 6.07) is 5.16. The number of carbonyl (C=O) groups excluding carboxylic acids is 1. The maximum atomic E-state index is 12.2. The van der Waals surface area contributed by atoms with Gasteiger partial charge in [-0.05, 0) is 28.9 Å². The molecule has 0 unspecified atom stereocenters. The van der Waals surface area contributed by atoms with E-state index in [9.17, 15) is 4.79 Å². The summed E-state index contributed by atoms with van der Waals surface area (Å²) in [6.45, 7) is 2.77. The zero-order valence-corrected chi connectivity index (χ0v) is 12.3. The Kier molecular flexibility index (Phi) is 3.40. The molecule has 0 atom stereocenters. The fraction of sp³-hybridized carbons (Fsp3) is 0.214. The van der Waals surface area contributed by atoms with E-state index in [4.69, 9.17) is 13.9 Å². The van der Waals surface area contributed by atoms with Crippen LogP contribution in [0.1, 0.15) is 16.1 Å². The molecule has 1 aliphatic heterocycles. The van der Waals surface area contributed by atoms with Gasteiger partial charge >= 0.3 is 0 Å². The van der Waals surface area contributed by atoms with Gasteiger partial charge in [0.2, 0.25) is 0 Å². The Morgan fingerprint density at radius 3 is 2.60 bits per heavy atom. The minimum Gasteiger partial charge on any atom is -0.486 e. The standard InChI is InChI=1S/C14H12BrNO4/c1-8-9(2-3-18-8)14(17)16-11-7-13-12(6-10(11)15)19-4-5-20-13/h2-3,6-7H,4-5H2,1H3,(H,16,17). The fourth-order valence-corrected chi connectivity index (χ4v) is 2.39. The summed E-state index contributed by atoms with van der Waals surface area (Å²) in [5, 5.41) is 2.82. The lowest BCUT2D eigenvalue weighted by Crippen LogP contribution is -2.17. The zero-order chi connectivity index (χ0) is 14.1. The summed E-state index contributed by atoms with van der Waals surface area (Å²) in [4.78, 5) is 12.2. The van der Waals surface area contributed by atoms with Crippen LogP contribution in [0, 0.1) is 6.92 Å². The van der Waals surface area contributed by atoms with Crippen molar-refractivity contribution in [3.8, 4) is 11.5 Å². The van der Waals surface area contributed by atoms with Gasteiger partial charge in [0.25, 0.3) is 5.91 Å². The molecule has 0 aliphatic carbocycles. The second-order valence-electron chi connectivity index (χ2n) is 4.32. The lowest BCUT2D eigenvalue weighted by Gasteiger charge is -2.20. The molecule has 6 heteroatoms. The van der Waals surface area contributed by atoms with Crippen molar-refractivity contribution >= 4 is 27.5 Å². The lowest BCUT2D eigenvalue weighted by molar-refractivity contribution is 0.102. The van der Waals surface area contributed by atoms with E-state index in [0.29, 0.717) is 41.7 Å². The molecule has 0 fully saturated rings. The van der Waals surface area contributed by atoms with Gasteiger partial charge in [-0.1, -0.05) is 0 Å². The van der Waals surface area contributed by atoms with E-state index < -0.39 is 0 Å². The highest BCUT2D eigenvalue weighted by Crippen LogP contribution is 2.38. The number of nitrogens with one attached hydrogen (secondary N) is 1. The lowest BCUT2D eigenvalue weighted by atomic mass is 10.2. The Morgan fingerprint density at radius 1 is 1.25 bits per heavy atom. The van der Waals surface area contributed by atoms with Crippen molar-refractivity contribution < 1.29 is 18.7 Å². The second-order valence-corrected chi connectivity index (χ2v) is 5.17. The summed E-state index contributed by atoms with van der Waals surface area (Å²) in [5.74, 6) is 1.64. The highest BCUT2D eigenvalue weighted by Gasteiger charge is 2.18. The smallest absolute Gasteiger partial charge is 0.259 e. The number of furan rings is 1. The topological polar surface area (TPSA) is 60.7 Å². The first-order chi connectivity index (χ1) is 9.65. The van der Waals surface area contributed by atoms with Crippen molar-refractivity contribution in [1.29, 1.82) is 0 Å². The Morgan fingerprint density at radius 2 is 1.95 bits per heavy atom. The number of aryl methyl sites for hydroxylation is 1. The third-order valence-corrected chi connectivity index (χ3v) is 3.64. The molecule has 0 radical (unpaired) electrons. The van der Waals surface area contributed by atoms with Crippen LogP contribution < -0.4 is 14.8 Å². The summed E-state index contributed by atoms with van der Waals surface area (Å²) in [6.07, 6.45) is 1.49. The molecule has 0 spiro atoms. The molecular formula is C14H12BrNO4. The highest BCUT2D eigenvalue weighted by molar-refractivity contribution is 9.10. The predicted molar refractivity (Wildman–Crippen MR) is 76.5 cm³/mol. The van der Waals surface area contributed by atoms with Gasteiger partial charge in [0.05, 0.1) is 17.5 Å². The summed E-state index contributed by atoms with van der Waals surface area (Å²) in [7, 11) is 0. The predicted octanol–water partition coefficient (Wildman–Crippen LogP) is 3.37. The van der Waals surface area contributed by atoms with Crippen LogP contribution in [0.15, 0.2) is 33.4 Å². The highest BCUT2D eigenvalue weighted by atomic mass is 79.9. The summed E-state index contributed by atoms with van der Waals surface area (Å²) < 4.78 is 16.8. The molecule has 3 rings (SSSR count). The Hall–Kier alpha value is -1.95. The molecule has 20 heavy (non-hydrogen) atoms. The molecule has 0 bridgehead atoms. The second kappa shape index (κ2) is 5.20. The van der Waals surface area contributed by atoms with E-state index in [2.05, 4.69) is 21.2 Å². The van der Waals surface area contributed by atoms with E-state index in [-0.39, 0.29) is 5.91 Å². The average molecular weight is 338 g/mol. The van der Waals surface area contributed by atoms with Crippen LogP contribution in [0.5, 0.6) is 11.5 Å². The molecule has 1 aromatic heterocycles. The molecule has 1 aromatic carbocycles. The van der Waals surface area contributed by atoms with Crippen LogP contribution in [0.2, 0.25) is 0 Å². The molecule has 1 amide bonds. The first-order valence-electron chi connectivity index (χ1n) is 6.10. The average Bonchev–Trinajstić information content (AvgIpc) is 2.86. The van der Waals surface area contributed by atoms with Crippen LogP contribution in [-0.2, 0) is 0 Å². The third kappa shape index (κ3) is 2.38. The van der Waals surface area contributed by atoms with Gasteiger partial charge < -0.3 is 19.2 Å². The number of benzene rings is 1. The molecule has 5 nitrogen and oxygen atoms in total. The molecule has 0 saturated carbocycles. The normalized spacial score (nSPS) is 13.1. The first kappa shape index (κ1) is 13.1.